The Hall–Kier alpha value is -6.26. The molecule has 2 aromatic heterocycles. The van der Waals surface area contributed by atoms with E-state index in [1.807, 2.05) is 6.07 Å². The molecule has 9 rings (SSSR count). The number of para-hydroxylation sites is 3. The standard InChI is InChI=1S/C46H36N3O/c1-3-27-48-28-11-16-39-38(25-26-43(50-2)45(39)48)44-37-15-8-7-12-34(37)29-35-24-23-33(30-40(35)44)31-19-21-32(22-20-31)46-47-41-17-9-10-18-42(41)49(46)36-13-5-4-6-14-36/h4-26,28-30H,3,27H2,1-2H3/q+1. The van der Waals surface area contributed by atoms with Crippen LogP contribution in [0.5, 0.6) is 5.75 Å². The molecule has 240 valence electrons. The van der Waals surface area contributed by atoms with Crippen molar-refractivity contribution in [1.29, 1.82) is 0 Å². The van der Waals surface area contributed by atoms with Crippen molar-refractivity contribution in [1.82, 2.24) is 9.55 Å². The van der Waals surface area contributed by atoms with E-state index in [0.717, 1.165) is 57.9 Å². The van der Waals surface area contributed by atoms with E-state index in [2.05, 4.69) is 168 Å². The lowest BCUT2D eigenvalue weighted by molar-refractivity contribution is -0.671. The molecule has 0 radical (unpaired) electrons. The second-order valence-corrected chi connectivity index (χ2v) is 12.9. The van der Waals surface area contributed by atoms with Crippen LogP contribution in [0.1, 0.15) is 13.3 Å². The van der Waals surface area contributed by atoms with Crippen LogP contribution in [0, 0.1) is 0 Å². The van der Waals surface area contributed by atoms with Gasteiger partial charge in [-0.1, -0.05) is 97.9 Å². The summed E-state index contributed by atoms with van der Waals surface area (Å²) in [5, 5.41) is 6.11. The van der Waals surface area contributed by atoms with Crippen molar-refractivity contribution in [3.63, 3.8) is 0 Å². The molecule has 0 fully saturated rings. The third-order valence-electron chi connectivity index (χ3n) is 9.87. The van der Waals surface area contributed by atoms with Crippen molar-refractivity contribution >= 4 is 43.5 Å². The van der Waals surface area contributed by atoms with Gasteiger partial charge in [-0.3, -0.25) is 4.57 Å². The normalized spacial score (nSPS) is 11.6. The Labute approximate surface area is 291 Å². The van der Waals surface area contributed by atoms with Crippen LogP contribution in [0.25, 0.3) is 82.8 Å². The van der Waals surface area contributed by atoms with E-state index in [4.69, 9.17) is 9.72 Å². The minimum Gasteiger partial charge on any atom is -0.490 e. The molecular formula is C46H36N3O+. The fourth-order valence-corrected chi connectivity index (χ4v) is 7.58. The molecule has 0 bridgehead atoms. The van der Waals surface area contributed by atoms with Crippen molar-refractivity contribution in [2.24, 2.45) is 0 Å². The maximum atomic E-state index is 5.92. The molecule has 0 aliphatic rings. The lowest BCUT2D eigenvalue weighted by Crippen LogP contribution is -2.34. The van der Waals surface area contributed by atoms with Gasteiger partial charge < -0.3 is 4.74 Å². The lowest BCUT2D eigenvalue weighted by Gasteiger charge is -2.16. The van der Waals surface area contributed by atoms with Crippen molar-refractivity contribution in [2.45, 2.75) is 19.9 Å². The van der Waals surface area contributed by atoms with Gasteiger partial charge in [0, 0.05) is 23.7 Å². The smallest absolute Gasteiger partial charge is 0.255 e. The van der Waals surface area contributed by atoms with E-state index < -0.39 is 0 Å². The van der Waals surface area contributed by atoms with Crippen LogP contribution in [0.15, 0.2) is 158 Å². The predicted octanol–water partition coefficient (Wildman–Crippen LogP) is 11.2. The van der Waals surface area contributed by atoms with Gasteiger partial charge in [0.05, 0.1) is 23.5 Å². The summed E-state index contributed by atoms with van der Waals surface area (Å²) in [6.07, 6.45) is 3.21. The van der Waals surface area contributed by atoms with E-state index in [1.54, 1.807) is 7.11 Å². The van der Waals surface area contributed by atoms with Gasteiger partial charge in [-0.25, -0.2) is 4.98 Å². The van der Waals surface area contributed by atoms with E-state index in [9.17, 15) is 0 Å². The summed E-state index contributed by atoms with van der Waals surface area (Å²) in [5.74, 6) is 1.83. The number of benzene rings is 7. The van der Waals surface area contributed by atoms with Crippen LogP contribution in [-0.2, 0) is 6.54 Å². The van der Waals surface area contributed by atoms with Crippen LogP contribution >= 0.6 is 0 Å². The Morgan fingerprint density at radius 1 is 0.620 bits per heavy atom. The summed E-state index contributed by atoms with van der Waals surface area (Å²) < 4.78 is 10.5. The molecule has 0 spiro atoms. The number of methoxy groups -OCH3 is 1. The van der Waals surface area contributed by atoms with E-state index >= 15 is 0 Å². The molecule has 0 aliphatic heterocycles. The molecule has 4 heteroatoms. The average Bonchev–Trinajstić information content (AvgIpc) is 3.57. The first-order valence-corrected chi connectivity index (χ1v) is 17.3. The summed E-state index contributed by atoms with van der Waals surface area (Å²) in [6, 6.07) is 54.4. The van der Waals surface area contributed by atoms with Gasteiger partial charge in [0.15, 0.2) is 11.9 Å². The van der Waals surface area contributed by atoms with E-state index in [-0.39, 0.29) is 0 Å². The largest absolute Gasteiger partial charge is 0.490 e. The van der Waals surface area contributed by atoms with Crippen LogP contribution < -0.4 is 9.30 Å². The van der Waals surface area contributed by atoms with Gasteiger partial charge in [0.2, 0.25) is 0 Å². The fourth-order valence-electron chi connectivity index (χ4n) is 7.58. The fraction of sp³-hybridized carbons (Fsp3) is 0.0870. The van der Waals surface area contributed by atoms with Gasteiger partial charge in [0.1, 0.15) is 12.4 Å². The molecule has 0 aliphatic carbocycles. The molecule has 0 N–H and O–H groups in total. The zero-order chi connectivity index (χ0) is 33.6. The predicted molar refractivity (Wildman–Crippen MR) is 207 cm³/mol. The number of aryl methyl sites for hydroxylation is 1. The number of pyridine rings is 1. The van der Waals surface area contributed by atoms with Crippen molar-refractivity contribution in [2.75, 3.05) is 7.11 Å². The van der Waals surface area contributed by atoms with Crippen molar-refractivity contribution in [3.8, 4) is 45.1 Å². The molecule has 0 saturated heterocycles. The minimum absolute atomic E-state index is 0.893. The lowest BCUT2D eigenvalue weighted by atomic mass is 9.88. The Morgan fingerprint density at radius 3 is 2.18 bits per heavy atom. The molecule has 9 aromatic rings. The zero-order valence-corrected chi connectivity index (χ0v) is 28.2. The van der Waals surface area contributed by atoms with Gasteiger partial charge in [-0.15, -0.1) is 0 Å². The van der Waals surface area contributed by atoms with Crippen molar-refractivity contribution < 1.29 is 9.30 Å². The van der Waals surface area contributed by atoms with Gasteiger partial charge >= 0.3 is 0 Å². The molecule has 2 heterocycles. The highest BCUT2D eigenvalue weighted by Crippen LogP contribution is 2.42. The number of hydrogen-bond donors (Lipinski definition) is 0. The number of aromatic nitrogens is 3. The second-order valence-electron chi connectivity index (χ2n) is 12.9. The first kappa shape index (κ1) is 29.8. The number of imidazole rings is 1. The molecule has 7 aromatic carbocycles. The first-order valence-electron chi connectivity index (χ1n) is 17.3. The Bertz CT molecular complexity index is 2690. The van der Waals surface area contributed by atoms with Crippen LogP contribution in [0.3, 0.4) is 0 Å². The average molecular weight is 647 g/mol. The monoisotopic (exact) mass is 646 g/mol. The highest BCUT2D eigenvalue weighted by Gasteiger charge is 2.21. The SMILES string of the molecule is CCC[n+]1cccc2c(-c3c4ccccc4cc4ccc(-c5ccc(-c6nc7ccccc7n6-c6ccccc6)cc5)cc34)ccc(OC)c21. The van der Waals surface area contributed by atoms with Crippen LogP contribution in [-0.4, -0.2) is 16.7 Å². The summed E-state index contributed by atoms with van der Waals surface area (Å²) in [6.45, 7) is 3.14. The van der Waals surface area contributed by atoms with E-state index in [0.29, 0.717) is 0 Å². The summed E-state index contributed by atoms with van der Waals surface area (Å²) in [7, 11) is 1.76. The van der Waals surface area contributed by atoms with Crippen LogP contribution in [0.2, 0.25) is 0 Å². The maximum absolute atomic E-state index is 5.92. The zero-order valence-electron chi connectivity index (χ0n) is 28.2. The highest BCUT2D eigenvalue weighted by atomic mass is 16.5. The quantitative estimate of drug-likeness (QED) is 0.127. The Kier molecular flexibility index (Phi) is 7.35. The molecule has 0 saturated carbocycles. The number of fused-ring (bicyclic) bond motifs is 4. The topological polar surface area (TPSA) is 30.9 Å². The van der Waals surface area contributed by atoms with Gasteiger partial charge in [-0.2, -0.15) is 4.57 Å². The third kappa shape index (κ3) is 4.91. The second kappa shape index (κ2) is 12.3. The first-order chi connectivity index (χ1) is 24.7. The summed E-state index contributed by atoms with van der Waals surface area (Å²) >= 11 is 0. The number of rotatable bonds is 7. The molecular weight excluding hydrogens is 611 g/mol. The highest BCUT2D eigenvalue weighted by molar-refractivity contribution is 6.17. The molecule has 50 heavy (non-hydrogen) atoms. The summed E-state index contributed by atoms with van der Waals surface area (Å²) in [4.78, 5) is 5.08. The molecule has 0 amide bonds. The molecule has 4 nitrogen and oxygen atoms in total. The Balaban J connectivity index is 1.22. The van der Waals surface area contributed by atoms with Crippen LogP contribution in [0.4, 0.5) is 0 Å². The van der Waals surface area contributed by atoms with E-state index in [1.165, 1.54) is 43.6 Å². The molecule has 0 unspecified atom stereocenters. The molecule has 0 atom stereocenters. The number of ether oxygens (including phenoxy) is 1. The number of hydrogen-bond acceptors (Lipinski definition) is 2. The van der Waals surface area contributed by atoms with Crippen molar-refractivity contribution in [3.05, 3.63) is 158 Å². The third-order valence-corrected chi connectivity index (χ3v) is 9.87. The Morgan fingerprint density at radius 2 is 1.34 bits per heavy atom. The summed E-state index contributed by atoms with van der Waals surface area (Å²) in [5.41, 5.74) is 10.2. The minimum atomic E-state index is 0.893. The van der Waals surface area contributed by atoms with Gasteiger partial charge in [-0.05, 0) is 98.4 Å². The maximum Gasteiger partial charge on any atom is 0.255 e. The number of nitrogens with zero attached hydrogens (tertiary/aromatic N) is 3. The van der Waals surface area contributed by atoms with Gasteiger partial charge in [0.25, 0.3) is 5.52 Å².